The number of anilines is 1. The molecule has 1 aromatic heterocycles. The highest BCUT2D eigenvalue weighted by Gasteiger charge is 2.17. The number of sulfonamides is 1. The lowest BCUT2D eigenvalue weighted by atomic mass is 10.3. The highest BCUT2D eigenvalue weighted by atomic mass is 32.2. The zero-order valence-electron chi connectivity index (χ0n) is 11.6. The van der Waals surface area contributed by atoms with Crippen LogP contribution in [0.25, 0.3) is 0 Å². The molecule has 0 amide bonds. The molecule has 1 aromatic carbocycles. The first-order valence-electron chi connectivity index (χ1n) is 6.21. The molecule has 2 aromatic rings. The Hall–Kier alpha value is -2.02. The number of aromatic amines is 1. The average molecular weight is 295 g/mol. The summed E-state index contributed by atoms with van der Waals surface area (Å²) >= 11 is 0. The van der Waals surface area contributed by atoms with Gasteiger partial charge in [0.15, 0.2) is 5.82 Å². The molecule has 0 aliphatic rings. The number of aromatic nitrogens is 2. The Morgan fingerprint density at radius 1 is 1.25 bits per heavy atom. The van der Waals surface area contributed by atoms with Crippen molar-refractivity contribution in [3.8, 4) is 5.75 Å². The van der Waals surface area contributed by atoms with Crippen LogP contribution in [0.1, 0.15) is 18.2 Å². The van der Waals surface area contributed by atoms with Crippen LogP contribution in [0.15, 0.2) is 29.2 Å². The molecule has 0 aliphatic heterocycles. The van der Waals surface area contributed by atoms with Gasteiger partial charge in [-0.05, 0) is 45.0 Å². The van der Waals surface area contributed by atoms with Crippen LogP contribution in [0.5, 0.6) is 5.75 Å². The first-order valence-corrected chi connectivity index (χ1v) is 7.69. The number of aryl methyl sites for hydroxylation is 1. The molecule has 0 spiro atoms. The smallest absolute Gasteiger partial charge is 0.263 e. The summed E-state index contributed by atoms with van der Waals surface area (Å²) < 4.78 is 32.2. The normalized spacial score (nSPS) is 11.3. The molecule has 20 heavy (non-hydrogen) atoms. The van der Waals surface area contributed by atoms with Gasteiger partial charge in [-0.15, -0.1) is 0 Å². The van der Waals surface area contributed by atoms with Crippen molar-refractivity contribution in [2.75, 3.05) is 11.3 Å². The van der Waals surface area contributed by atoms with Crippen molar-refractivity contribution in [2.24, 2.45) is 0 Å². The van der Waals surface area contributed by atoms with Gasteiger partial charge >= 0.3 is 0 Å². The predicted molar refractivity (Wildman–Crippen MR) is 76.5 cm³/mol. The lowest BCUT2D eigenvalue weighted by molar-refractivity contribution is 0.340. The lowest BCUT2D eigenvalue weighted by Gasteiger charge is -2.08. The van der Waals surface area contributed by atoms with E-state index >= 15 is 0 Å². The van der Waals surface area contributed by atoms with Gasteiger partial charge in [0.05, 0.1) is 11.5 Å². The molecule has 0 saturated carbocycles. The van der Waals surface area contributed by atoms with E-state index in [1.54, 1.807) is 19.1 Å². The monoisotopic (exact) mass is 295 g/mol. The van der Waals surface area contributed by atoms with Gasteiger partial charge < -0.3 is 4.74 Å². The van der Waals surface area contributed by atoms with Gasteiger partial charge in [0.25, 0.3) is 10.0 Å². The summed E-state index contributed by atoms with van der Waals surface area (Å²) in [6.07, 6.45) is 0. The molecule has 0 fully saturated rings. The van der Waals surface area contributed by atoms with E-state index in [0.29, 0.717) is 18.2 Å². The average Bonchev–Trinajstić information content (AvgIpc) is 2.71. The minimum absolute atomic E-state index is 0.168. The fourth-order valence-corrected chi connectivity index (χ4v) is 2.72. The van der Waals surface area contributed by atoms with Crippen molar-refractivity contribution < 1.29 is 13.2 Å². The highest BCUT2D eigenvalue weighted by molar-refractivity contribution is 7.92. The van der Waals surface area contributed by atoms with E-state index in [1.165, 1.54) is 12.1 Å². The van der Waals surface area contributed by atoms with Crippen LogP contribution in [0.3, 0.4) is 0 Å². The quantitative estimate of drug-likeness (QED) is 0.886. The van der Waals surface area contributed by atoms with Gasteiger partial charge in [-0.25, -0.2) is 8.42 Å². The van der Waals surface area contributed by atoms with Gasteiger partial charge in [0.2, 0.25) is 0 Å². The standard InChI is InChI=1S/C13H17N3O3S/c1-4-19-11-5-7-12(8-6-11)20(17,18)16-13-9(2)10(3)14-15-13/h5-8H,4H2,1-3H3,(H2,14,15,16). The van der Waals surface area contributed by atoms with Crippen molar-refractivity contribution in [3.63, 3.8) is 0 Å². The van der Waals surface area contributed by atoms with E-state index in [2.05, 4.69) is 14.9 Å². The number of H-pyrrole nitrogens is 1. The Balaban J connectivity index is 2.24. The molecule has 0 aliphatic carbocycles. The molecule has 6 nitrogen and oxygen atoms in total. The van der Waals surface area contributed by atoms with E-state index in [-0.39, 0.29) is 4.90 Å². The molecule has 2 rings (SSSR count). The maximum Gasteiger partial charge on any atom is 0.263 e. The van der Waals surface area contributed by atoms with Crippen molar-refractivity contribution in [1.29, 1.82) is 0 Å². The van der Waals surface area contributed by atoms with Crippen LogP contribution in [0, 0.1) is 13.8 Å². The van der Waals surface area contributed by atoms with E-state index in [0.717, 1.165) is 11.3 Å². The van der Waals surface area contributed by atoms with Crippen LogP contribution < -0.4 is 9.46 Å². The van der Waals surface area contributed by atoms with E-state index in [4.69, 9.17) is 4.74 Å². The van der Waals surface area contributed by atoms with Crippen LogP contribution in [-0.4, -0.2) is 25.2 Å². The molecule has 0 radical (unpaired) electrons. The molecule has 1 heterocycles. The molecular weight excluding hydrogens is 278 g/mol. The van der Waals surface area contributed by atoms with Crippen LogP contribution in [0.4, 0.5) is 5.82 Å². The van der Waals surface area contributed by atoms with Crippen molar-refractivity contribution >= 4 is 15.8 Å². The second-order valence-electron chi connectivity index (χ2n) is 4.33. The van der Waals surface area contributed by atoms with E-state index in [9.17, 15) is 8.42 Å². The van der Waals surface area contributed by atoms with Crippen LogP contribution in [-0.2, 0) is 10.0 Å². The molecule has 2 N–H and O–H groups in total. The molecule has 0 unspecified atom stereocenters. The van der Waals surface area contributed by atoms with E-state index < -0.39 is 10.0 Å². The number of nitrogens with one attached hydrogen (secondary N) is 2. The predicted octanol–water partition coefficient (Wildman–Crippen LogP) is 2.23. The summed E-state index contributed by atoms with van der Waals surface area (Å²) in [6.45, 7) is 6.04. The van der Waals surface area contributed by atoms with Gasteiger partial charge in [0, 0.05) is 11.3 Å². The third-order valence-electron chi connectivity index (χ3n) is 2.93. The van der Waals surface area contributed by atoms with Gasteiger partial charge in [-0.2, -0.15) is 5.10 Å². The first-order chi connectivity index (χ1) is 9.44. The van der Waals surface area contributed by atoms with Gasteiger partial charge in [-0.3, -0.25) is 9.82 Å². The Kier molecular flexibility index (Phi) is 3.99. The number of rotatable bonds is 5. The zero-order chi connectivity index (χ0) is 14.8. The summed E-state index contributed by atoms with van der Waals surface area (Å²) in [5.41, 5.74) is 1.61. The minimum atomic E-state index is -3.64. The zero-order valence-corrected chi connectivity index (χ0v) is 12.4. The number of ether oxygens (including phenoxy) is 1. The largest absolute Gasteiger partial charge is 0.494 e. The highest BCUT2D eigenvalue weighted by Crippen LogP contribution is 2.21. The number of hydrogen-bond acceptors (Lipinski definition) is 4. The molecule has 108 valence electrons. The Morgan fingerprint density at radius 3 is 2.40 bits per heavy atom. The number of benzene rings is 1. The van der Waals surface area contributed by atoms with Crippen LogP contribution in [0.2, 0.25) is 0 Å². The second kappa shape index (κ2) is 5.54. The maximum absolute atomic E-state index is 12.2. The molecule has 0 saturated heterocycles. The fourth-order valence-electron chi connectivity index (χ4n) is 1.65. The summed E-state index contributed by atoms with van der Waals surface area (Å²) in [5.74, 6) is 0.953. The van der Waals surface area contributed by atoms with Crippen molar-refractivity contribution in [3.05, 3.63) is 35.5 Å². The Labute approximate surface area is 118 Å². The number of hydrogen-bond donors (Lipinski definition) is 2. The summed E-state index contributed by atoms with van der Waals surface area (Å²) in [4.78, 5) is 0.168. The van der Waals surface area contributed by atoms with Crippen molar-refractivity contribution in [1.82, 2.24) is 10.2 Å². The number of nitrogens with zero attached hydrogens (tertiary/aromatic N) is 1. The summed E-state index contributed by atoms with van der Waals surface area (Å²) in [7, 11) is -3.64. The minimum Gasteiger partial charge on any atom is -0.494 e. The third-order valence-corrected chi connectivity index (χ3v) is 4.28. The molecule has 7 heteroatoms. The Morgan fingerprint density at radius 2 is 1.90 bits per heavy atom. The first kappa shape index (κ1) is 14.4. The molecule has 0 bridgehead atoms. The van der Waals surface area contributed by atoms with Crippen LogP contribution >= 0.6 is 0 Å². The topological polar surface area (TPSA) is 84.1 Å². The fraction of sp³-hybridized carbons (Fsp3) is 0.308. The lowest BCUT2D eigenvalue weighted by Crippen LogP contribution is -2.13. The SMILES string of the molecule is CCOc1ccc(S(=O)(=O)Nc2n[nH]c(C)c2C)cc1. The molecular formula is C13H17N3O3S. The van der Waals surface area contributed by atoms with E-state index in [1.807, 2.05) is 13.8 Å². The maximum atomic E-state index is 12.2. The van der Waals surface area contributed by atoms with Gasteiger partial charge in [-0.1, -0.05) is 0 Å². The van der Waals surface area contributed by atoms with Crippen molar-refractivity contribution in [2.45, 2.75) is 25.7 Å². The third kappa shape index (κ3) is 2.93. The second-order valence-corrected chi connectivity index (χ2v) is 6.01. The summed E-state index contributed by atoms with van der Waals surface area (Å²) in [5, 5.41) is 6.67. The summed E-state index contributed by atoms with van der Waals surface area (Å²) in [6, 6.07) is 6.26. The Bertz CT molecular complexity index is 690. The van der Waals surface area contributed by atoms with Gasteiger partial charge in [0.1, 0.15) is 5.75 Å². The molecule has 0 atom stereocenters.